The molecular weight excluding hydrogens is 300 g/mol. The highest BCUT2D eigenvalue weighted by Gasteiger charge is 2.25. The molecule has 1 aliphatic heterocycles. The first-order valence-electron chi connectivity index (χ1n) is 8.97. The maximum atomic E-state index is 5.60. The van der Waals surface area contributed by atoms with E-state index in [1.807, 2.05) is 19.2 Å². The second-order valence-corrected chi connectivity index (χ2v) is 6.73. The first-order chi connectivity index (χ1) is 11.7. The van der Waals surface area contributed by atoms with Gasteiger partial charge >= 0.3 is 0 Å². The molecule has 1 fully saturated rings. The zero-order valence-corrected chi connectivity index (χ0v) is 15.5. The van der Waals surface area contributed by atoms with Gasteiger partial charge in [-0.25, -0.2) is 0 Å². The number of hydrogen-bond acceptors (Lipinski definition) is 3. The Morgan fingerprint density at radius 3 is 2.46 bits per heavy atom. The molecule has 1 unspecified atom stereocenters. The van der Waals surface area contributed by atoms with Crippen molar-refractivity contribution in [3.63, 3.8) is 0 Å². The average molecular weight is 332 g/mol. The molecule has 24 heavy (non-hydrogen) atoms. The van der Waals surface area contributed by atoms with Crippen LogP contribution in [0.2, 0.25) is 0 Å². The molecule has 0 bridgehead atoms. The molecule has 0 aliphatic carbocycles. The maximum Gasteiger partial charge on any atom is 0.191 e. The lowest BCUT2D eigenvalue weighted by molar-refractivity contribution is 0.239. The molecule has 1 atom stereocenters. The SMILES string of the molecule is CN=C(NCC(C)C)NCC(c1ccccc1OC)N1CCCC1. The van der Waals surface area contributed by atoms with Crippen LogP contribution in [0.1, 0.15) is 38.3 Å². The molecular formula is C19H32N4O. The van der Waals surface area contributed by atoms with Gasteiger partial charge in [0.2, 0.25) is 0 Å². The van der Waals surface area contributed by atoms with Crippen LogP contribution in [0.5, 0.6) is 5.75 Å². The number of likely N-dealkylation sites (tertiary alicyclic amines) is 1. The van der Waals surface area contributed by atoms with Crippen molar-refractivity contribution in [1.82, 2.24) is 15.5 Å². The number of hydrogen-bond donors (Lipinski definition) is 2. The highest BCUT2D eigenvalue weighted by molar-refractivity contribution is 5.79. The summed E-state index contributed by atoms with van der Waals surface area (Å²) in [7, 11) is 3.57. The van der Waals surface area contributed by atoms with E-state index >= 15 is 0 Å². The third-order valence-electron chi connectivity index (χ3n) is 4.44. The second-order valence-electron chi connectivity index (χ2n) is 6.73. The lowest BCUT2D eigenvalue weighted by Crippen LogP contribution is -2.43. The summed E-state index contributed by atoms with van der Waals surface area (Å²) < 4.78 is 5.60. The molecule has 5 heteroatoms. The average Bonchev–Trinajstić information content (AvgIpc) is 3.12. The van der Waals surface area contributed by atoms with Crippen molar-refractivity contribution in [2.24, 2.45) is 10.9 Å². The standard InChI is InChI=1S/C19H32N4O/c1-15(2)13-21-19(20-3)22-14-17(23-11-7-8-12-23)16-9-5-6-10-18(16)24-4/h5-6,9-10,15,17H,7-8,11-14H2,1-4H3,(H2,20,21,22). The third kappa shape index (κ3) is 5.13. The number of nitrogens with one attached hydrogen (secondary N) is 2. The summed E-state index contributed by atoms with van der Waals surface area (Å²) in [5.41, 5.74) is 1.24. The number of para-hydroxylation sites is 1. The van der Waals surface area contributed by atoms with Gasteiger partial charge in [-0.2, -0.15) is 0 Å². The van der Waals surface area contributed by atoms with Gasteiger partial charge in [0.25, 0.3) is 0 Å². The second kappa shape index (κ2) is 9.52. The smallest absolute Gasteiger partial charge is 0.191 e. The number of benzene rings is 1. The zero-order valence-electron chi connectivity index (χ0n) is 15.5. The van der Waals surface area contributed by atoms with Crippen molar-refractivity contribution in [2.75, 3.05) is 40.3 Å². The number of ether oxygens (including phenoxy) is 1. The molecule has 0 spiro atoms. The molecule has 134 valence electrons. The van der Waals surface area contributed by atoms with Gasteiger partial charge in [-0.1, -0.05) is 32.0 Å². The predicted octanol–water partition coefficient (Wildman–Crippen LogP) is 2.65. The fraction of sp³-hybridized carbons (Fsp3) is 0.632. The van der Waals surface area contributed by atoms with Gasteiger partial charge in [-0.05, 0) is 37.9 Å². The van der Waals surface area contributed by atoms with Gasteiger partial charge in [-0.3, -0.25) is 9.89 Å². The molecule has 0 radical (unpaired) electrons. The Labute approximate surface area is 146 Å². The fourth-order valence-corrected chi connectivity index (χ4v) is 3.15. The van der Waals surface area contributed by atoms with Crippen LogP contribution in [0.15, 0.2) is 29.3 Å². The maximum absolute atomic E-state index is 5.60. The van der Waals surface area contributed by atoms with Crippen LogP contribution in [0.4, 0.5) is 0 Å². The molecule has 1 aromatic rings. The summed E-state index contributed by atoms with van der Waals surface area (Å²) in [4.78, 5) is 6.88. The summed E-state index contributed by atoms with van der Waals surface area (Å²) in [6, 6.07) is 8.63. The van der Waals surface area contributed by atoms with E-state index in [2.05, 4.69) is 46.5 Å². The van der Waals surface area contributed by atoms with Crippen molar-refractivity contribution < 1.29 is 4.74 Å². The molecule has 1 aromatic carbocycles. The molecule has 0 aromatic heterocycles. The first-order valence-corrected chi connectivity index (χ1v) is 8.97. The number of aliphatic imine (C=N–C) groups is 1. The largest absolute Gasteiger partial charge is 0.496 e. The summed E-state index contributed by atoms with van der Waals surface area (Å²) in [5.74, 6) is 2.41. The van der Waals surface area contributed by atoms with Crippen molar-refractivity contribution in [3.8, 4) is 5.75 Å². The Balaban J connectivity index is 2.09. The van der Waals surface area contributed by atoms with Gasteiger partial charge in [0.05, 0.1) is 13.2 Å². The van der Waals surface area contributed by atoms with Crippen molar-refractivity contribution in [3.05, 3.63) is 29.8 Å². The van der Waals surface area contributed by atoms with E-state index in [0.29, 0.717) is 12.0 Å². The highest BCUT2D eigenvalue weighted by atomic mass is 16.5. The van der Waals surface area contributed by atoms with Crippen LogP contribution < -0.4 is 15.4 Å². The van der Waals surface area contributed by atoms with Crippen molar-refractivity contribution in [2.45, 2.75) is 32.7 Å². The minimum atomic E-state index is 0.293. The zero-order chi connectivity index (χ0) is 17.4. The van der Waals surface area contributed by atoms with Crippen LogP contribution in [-0.4, -0.2) is 51.2 Å². The summed E-state index contributed by atoms with van der Waals surface area (Å²) in [6.45, 7) is 8.41. The molecule has 1 aliphatic rings. The lowest BCUT2D eigenvalue weighted by Gasteiger charge is -2.30. The van der Waals surface area contributed by atoms with Crippen LogP contribution in [0, 0.1) is 5.92 Å². The first kappa shape index (κ1) is 18.6. The minimum absolute atomic E-state index is 0.293. The van der Waals surface area contributed by atoms with Crippen molar-refractivity contribution >= 4 is 5.96 Å². The Morgan fingerprint density at radius 1 is 1.17 bits per heavy atom. The third-order valence-corrected chi connectivity index (χ3v) is 4.44. The quantitative estimate of drug-likeness (QED) is 0.595. The lowest BCUT2D eigenvalue weighted by atomic mass is 10.0. The van der Waals surface area contributed by atoms with Gasteiger partial charge in [0, 0.05) is 25.7 Å². The molecule has 0 saturated carbocycles. The Bertz CT molecular complexity index is 524. The van der Waals surface area contributed by atoms with Crippen LogP contribution in [0.3, 0.4) is 0 Å². The molecule has 2 N–H and O–H groups in total. The summed E-state index contributed by atoms with van der Waals surface area (Å²) in [5, 5.41) is 6.88. The molecule has 1 saturated heterocycles. The van der Waals surface area contributed by atoms with Crippen LogP contribution in [-0.2, 0) is 0 Å². The molecule has 1 heterocycles. The minimum Gasteiger partial charge on any atom is -0.496 e. The van der Waals surface area contributed by atoms with E-state index in [-0.39, 0.29) is 0 Å². The normalized spacial score (nSPS) is 17.1. The van der Waals surface area contributed by atoms with Gasteiger partial charge < -0.3 is 15.4 Å². The Hall–Kier alpha value is -1.75. The number of methoxy groups -OCH3 is 1. The van der Waals surface area contributed by atoms with Crippen molar-refractivity contribution in [1.29, 1.82) is 0 Å². The van der Waals surface area contributed by atoms with Gasteiger partial charge in [-0.15, -0.1) is 0 Å². The van der Waals surface area contributed by atoms with E-state index in [1.165, 1.54) is 18.4 Å². The van der Waals surface area contributed by atoms with E-state index in [9.17, 15) is 0 Å². The molecule has 5 nitrogen and oxygen atoms in total. The Morgan fingerprint density at radius 2 is 1.83 bits per heavy atom. The van der Waals surface area contributed by atoms with Gasteiger partial charge in [0.15, 0.2) is 5.96 Å². The van der Waals surface area contributed by atoms with E-state index in [4.69, 9.17) is 4.74 Å². The topological polar surface area (TPSA) is 48.9 Å². The number of rotatable bonds is 7. The van der Waals surface area contributed by atoms with Gasteiger partial charge in [0.1, 0.15) is 5.75 Å². The van der Waals surface area contributed by atoms with Crippen LogP contribution >= 0.6 is 0 Å². The number of guanidine groups is 1. The molecule has 0 amide bonds. The predicted molar refractivity (Wildman–Crippen MR) is 101 cm³/mol. The molecule has 2 rings (SSSR count). The summed E-state index contributed by atoms with van der Waals surface area (Å²) in [6.07, 6.45) is 2.54. The highest BCUT2D eigenvalue weighted by Crippen LogP contribution is 2.31. The Kier molecular flexibility index (Phi) is 7.37. The van der Waals surface area contributed by atoms with E-state index in [0.717, 1.165) is 37.9 Å². The summed E-state index contributed by atoms with van der Waals surface area (Å²) >= 11 is 0. The monoisotopic (exact) mass is 332 g/mol. The van der Waals surface area contributed by atoms with Crippen LogP contribution in [0.25, 0.3) is 0 Å². The fourth-order valence-electron chi connectivity index (χ4n) is 3.15. The van der Waals surface area contributed by atoms with E-state index in [1.54, 1.807) is 7.11 Å². The van der Waals surface area contributed by atoms with E-state index < -0.39 is 0 Å². The number of nitrogens with zero attached hydrogens (tertiary/aromatic N) is 2.